The van der Waals surface area contributed by atoms with Crippen molar-refractivity contribution in [3.05, 3.63) is 108 Å². The molecular formula is C26H24N3+. The Morgan fingerprint density at radius 1 is 0.828 bits per heavy atom. The van der Waals surface area contributed by atoms with E-state index in [0.717, 1.165) is 30.7 Å². The summed E-state index contributed by atoms with van der Waals surface area (Å²) in [6.07, 6.45) is 5.35. The van der Waals surface area contributed by atoms with E-state index in [1.54, 1.807) is 0 Å². The highest BCUT2D eigenvalue weighted by atomic mass is 15.1. The molecule has 0 fully saturated rings. The van der Waals surface area contributed by atoms with Gasteiger partial charge < -0.3 is 0 Å². The summed E-state index contributed by atoms with van der Waals surface area (Å²) in [6.45, 7) is 3.89. The van der Waals surface area contributed by atoms with Gasteiger partial charge in [-0.1, -0.05) is 67.6 Å². The van der Waals surface area contributed by atoms with Crippen molar-refractivity contribution in [1.82, 2.24) is 9.55 Å². The van der Waals surface area contributed by atoms with Crippen LogP contribution in [-0.2, 0) is 19.5 Å². The molecule has 0 amide bonds. The Bertz CT molecular complexity index is 1200. The minimum absolute atomic E-state index is 0.790. The molecule has 2 aromatic heterocycles. The number of hydrogen-bond acceptors (Lipinski definition) is 1. The summed E-state index contributed by atoms with van der Waals surface area (Å²) in [5.41, 5.74) is 3.47. The fourth-order valence-electron chi connectivity index (χ4n) is 4.10. The Morgan fingerprint density at radius 2 is 1.59 bits per heavy atom. The summed E-state index contributed by atoms with van der Waals surface area (Å²) in [5.74, 6) is 1.31. The summed E-state index contributed by atoms with van der Waals surface area (Å²) >= 11 is 0. The fourth-order valence-corrected chi connectivity index (χ4v) is 4.10. The van der Waals surface area contributed by atoms with Crippen molar-refractivity contribution in [3.63, 3.8) is 0 Å². The van der Waals surface area contributed by atoms with Crippen molar-refractivity contribution in [1.29, 1.82) is 0 Å². The van der Waals surface area contributed by atoms with Crippen LogP contribution in [0.1, 0.15) is 24.0 Å². The maximum absolute atomic E-state index is 4.84. The molecule has 5 rings (SSSR count). The van der Waals surface area contributed by atoms with Gasteiger partial charge in [0.1, 0.15) is 25.5 Å². The van der Waals surface area contributed by atoms with Gasteiger partial charge in [-0.2, -0.15) is 0 Å². The van der Waals surface area contributed by atoms with E-state index in [0.29, 0.717) is 0 Å². The van der Waals surface area contributed by atoms with Crippen LogP contribution in [0.4, 0.5) is 0 Å². The first-order valence-electron chi connectivity index (χ1n) is 10.2. The number of pyridine rings is 1. The smallest absolute Gasteiger partial charge is 0.249 e. The molecular weight excluding hydrogens is 354 g/mol. The first kappa shape index (κ1) is 17.6. The van der Waals surface area contributed by atoms with Gasteiger partial charge in [-0.3, -0.25) is 0 Å². The van der Waals surface area contributed by atoms with E-state index >= 15 is 0 Å². The molecule has 0 unspecified atom stereocenters. The van der Waals surface area contributed by atoms with Gasteiger partial charge in [-0.25, -0.2) is 14.1 Å². The highest BCUT2D eigenvalue weighted by Crippen LogP contribution is 2.16. The molecule has 0 spiro atoms. The molecule has 29 heavy (non-hydrogen) atoms. The quantitative estimate of drug-likeness (QED) is 0.388. The minimum atomic E-state index is 0.790. The van der Waals surface area contributed by atoms with E-state index in [1.807, 2.05) is 6.07 Å². The first-order valence-corrected chi connectivity index (χ1v) is 10.2. The van der Waals surface area contributed by atoms with Gasteiger partial charge in [-0.15, -0.1) is 0 Å². The monoisotopic (exact) mass is 378 g/mol. The van der Waals surface area contributed by atoms with Gasteiger partial charge >= 0.3 is 0 Å². The van der Waals surface area contributed by atoms with Crippen molar-refractivity contribution in [2.75, 3.05) is 0 Å². The van der Waals surface area contributed by atoms with Crippen molar-refractivity contribution in [3.8, 4) is 0 Å². The SMILES string of the molecule is CCc1n(Cc2ccc3ccccc3n2)cc[n+]1Cc1ccc2ccccc2c1. The maximum Gasteiger partial charge on any atom is 0.256 e. The van der Waals surface area contributed by atoms with Gasteiger partial charge in [0, 0.05) is 11.8 Å². The fraction of sp³-hybridized carbons (Fsp3) is 0.154. The van der Waals surface area contributed by atoms with Crippen LogP contribution in [0.5, 0.6) is 0 Å². The van der Waals surface area contributed by atoms with E-state index in [-0.39, 0.29) is 0 Å². The molecule has 0 N–H and O–H groups in total. The molecule has 0 aliphatic heterocycles. The van der Waals surface area contributed by atoms with Crippen LogP contribution >= 0.6 is 0 Å². The zero-order valence-electron chi connectivity index (χ0n) is 16.6. The van der Waals surface area contributed by atoms with Crippen molar-refractivity contribution >= 4 is 21.7 Å². The second-order valence-electron chi connectivity index (χ2n) is 7.50. The average Bonchev–Trinajstić information content (AvgIpc) is 3.14. The van der Waals surface area contributed by atoms with Crippen LogP contribution in [-0.4, -0.2) is 9.55 Å². The van der Waals surface area contributed by atoms with Crippen LogP contribution in [0.25, 0.3) is 21.7 Å². The predicted octanol–water partition coefficient (Wildman–Crippen LogP) is 5.14. The van der Waals surface area contributed by atoms with Crippen LogP contribution in [0.2, 0.25) is 0 Å². The molecule has 0 aliphatic rings. The van der Waals surface area contributed by atoms with E-state index in [2.05, 4.69) is 101 Å². The second-order valence-corrected chi connectivity index (χ2v) is 7.50. The summed E-state index contributed by atoms with van der Waals surface area (Å²) in [7, 11) is 0. The van der Waals surface area contributed by atoms with Crippen molar-refractivity contribution in [2.24, 2.45) is 0 Å². The number of imidazole rings is 1. The Morgan fingerprint density at radius 3 is 2.45 bits per heavy atom. The summed E-state index contributed by atoms with van der Waals surface area (Å²) < 4.78 is 4.67. The molecule has 3 aromatic carbocycles. The molecule has 5 aromatic rings. The maximum atomic E-state index is 4.84. The zero-order valence-corrected chi connectivity index (χ0v) is 16.6. The molecule has 0 saturated heterocycles. The molecule has 142 valence electrons. The Hall–Kier alpha value is -3.46. The van der Waals surface area contributed by atoms with Gasteiger partial charge in [0.05, 0.1) is 11.2 Å². The Balaban J connectivity index is 1.43. The third kappa shape index (κ3) is 3.52. The van der Waals surface area contributed by atoms with Gasteiger partial charge in [0.25, 0.3) is 5.82 Å². The number of hydrogen-bond donors (Lipinski definition) is 0. The molecule has 0 radical (unpaired) electrons. The van der Waals surface area contributed by atoms with Crippen LogP contribution in [0.15, 0.2) is 91.3 Å². The lowest BCUT2D eigenvalue weighted by Gasteiger charge is -2.06. The lowest BCUT2D eigenvalue weighted by Crippen LogP contribution is -2.37. The highest BCUT2D eigenvalue weighted by molar-refractivity contribution is 5.83. The number of nitrogens with zero attached hydrogens (tertiary/aromatic N) is 3. The summed E-state index contributed by atoms with van der Waals surface area (Å²) in [5, 5.41) is 3.77. The molecule has 3 heteroatoms. The number of para-hydroxylation sites is 1. The van der Waals surface area contributed by atoms with Crippen LogP contribution < -0.4 is 4.57 Å². The Kier molecular flexibility index (Phi) is 4.57. The zero-order chi connectivity index (χ0) is 19.6. The lowest BCUT2D eigenvalue weighted by molar-refractivity contribution is -0.695. The van der Waals surface area contributed by atoms with E-state index in [4.69, 9.17) is 4.98 Å². The predicted molar refractivity (Wildman–Crippen MR) is 118 cm³/mol. The number of fused-ring (bicyclic) bond motifs is 2. The third-order valence-electron chi connectivity index (χ3n) is 5.56. The molecule has 0 bridgehead atoms. The second kappa shape index (κ2) is 7.51. The molecule has 0 aliphatic carbocycles. The summed E-state index contributed by atoms with van der Waals surface area (Å²) in [4.78, 5) is 4.84. The van der Waals surface area contributed by atoms with Gasteiger partial charge in [0.15, 0.2) is 0 Å². The number of benzene rings is 3. The number of aromatic nitrogens is 3. The standard InChI is InChI=1S/C26H24N3/c1-2-26-28(18-20-11-12-21-7-3-4-9-23(21)17-20)15-16-29(26)19-24-14-13-22-8-5-6-10-25(22)27-24/h3-17H,2,18-19H2,1H3/q+1. The molecule has 0 atom stereocenters. The summed E-state index contributed by atoms with van der Waals surface area (Å²) in [6, 6.07) is 27.9. The molecule has 0 saturated carbocycles. The van der Waals surface area contributed by atoms with Crippen LogP contribution in [0.3, 0.4) is 0 Å². The van der Waals surface area contributed by atoms with Gasteiger partial charge in [0.2, 0.25) is 0 Å². The number of rotatable bonds is 5. The van der Waals surface area contributed by atoms with Crippen LogP contribution in [0, 0.1) is 0 Å². The topological polar surface area (TPSA) is 21.7 Å². The van der Waals surface area contributed by atoms with Crippen molar-refractivity contribution in [2.45, 2.75) is 26.4 Å². The van der Waals surface area contributed by atoms with Crippen molar-refractivity contribution < 1.29 is 4.57 Å². The molecule has 3 nitrogen and oxygen atoms in total. The van der Waals surface area contributed by atoms with E-state index < -0.39 is 0 Å². The van der Waals surface area contributed by atoms with E-state index in [9.17, 15) is 0 Å². The normalized spacial score (nSPS) is 11.3. The lowest BCUT2D eigenvalue weighted by atomic mass is 10.1. The Labute approximate surface area is 170 Å². The highest BCUT2D eigenvalue weighted by Gasteiger charge is 2.16. The third-order valence-corrected chi connectivity index (χ3v) is 5.56. The molecule has 2 heterocycles. The largest absolute Gasteiger partial charge is 0.256 e. The first-order chi connectivity index (χ1) is 14.3. The van der Waals surface area contributed by atoms with Gasteiger partial charge in [-0.05, 0) is 34.5 Å². The minimum Gasteiger partial charge on any atom is -0.249 e. The average molecular weight is 378 g/mol. The van der Waals surface area contributed by atoms with E-state index in [1.165, 1.54) is 27.5 Å².